The number of rotatable bonds is 7. The first-order chi connectivity index (χ1) is 16.6. The molecule has 0 aliphatic carbocycles. The van der Waals surface area contributed by atoms with Crippen LogP contribution in [0.4, 0.5) is 5.13 Å². The normalized spacial score (nSPS) is 10.7. The lowest BCUT2D eigenvalue weighted by Crippen LogP contribution is -2.32. The van der Waals surface area contributed by atoms with Crippen molar-refractivity contribution in [3.05, 3.63) is 95.6 Å². The Morgan fingerprint density at radius 3 is 2.41 bits per heavy atom. The Bertz CT molecular complexity index is 1290. The van der Waals surface area contributed by atoms with Gasteiger partial charge in [0.25, 0.3) is 0 Å². The summed E-state index contributed by atoms with van der Waals surface area (Å²) < 4.78 is 5.77. The molecular weight excluding hydrogens is 450 g/mol. The highest BCUT2D eigenvalue weighted by atomic mass is 32.1. The average molecular weight is 472 g/mol. The van der Waals surface area contributed by atoms with Crippen LogP contribution < -0.4 is 15.5 Å². The van der Waals surface area contributed by atoms with Crippen molar-refractivity contribution in [2.45, 2.75) is 13.5 Å². The molecule has 170 valence electrons. The van der Waals surface area contributed by atoms with Gasteiger partial charge in [-0.25, -0.2) is 5.43 Å². The number of anilines is 1. The maximum atomic E-state index is 12.1. The van der Waals surface area contributed by atoms with Crippen LogP contribution in [-0.2, 0) is 16.2 Å². The zero-order chi connectivity index (χ0) is 23.8. The first-order valence-electron chi connectivity index (χ1n) is 10.4. The van der Waals surface area contributed by atoms with Crippen LogP contribution in [-0.4, -0.2) is 28.2 Å². The topological polar surface area (TPSA) is 106 Å². The van der Waals surface area contributed by atoms with Crippen molar-refractivity contribution in [2.24, 2.45) is 5.10 Å². The molecule has 0 saturated heterocycles. The SMILES string of the molecule is Cc1ccc(COc2ccc(/C=N\NC(=O)C(=O)Nc3nnc(-c4ccccc4)s3)cc2)cc1. The number of nitrogens with one attached hydrogen (secondary N) is 2. The average Bonchev–Trinajstić information content (AvgIpc) is 3.33. The summed E-state index contributed by atoms with van der Waals surface area (Å²) in [7, 11) is 0. The summed E-state index contributed by atoms with van der Waals surface area (Å²) in [5.74, 6) is -1.08. The van der Waals surface area contributed by atoms with Gasteiger partial charge in [0.05, 0.1) is 6.21 Å². The molecule has 0 spiro atoms. The van der Waals surface area contributed by atoms with Crippen LogP contribution in [0.25, 0.3) is 10.6 Å². The molecule has 0 aliphatic rings. The number of carbonyl (C=O) groups excluding carboxylic acids is 2. The Labute approximate surface area is 200 Å². The fourth-order valence-corrected chi connectivity index (χ4v) is 3.59. The number of hydrogen-bond acceptors (Lipinski definition) is 7. The summed E-state index contributed by atoms with van der Waals surface area (Å²) in [5.41, 5.74) is 6.10. The molecule has 0 atom stereocenters. The van der Waals surface area contributed by atoms with Crippen LogP contribution in [0.5, 0.6) is 5.75 Å². The Balaban J connectivity index is 1.24. The van der Waals surface area contributed by atoms with Gasteiger partial charge in [0.15, 0.2) is 0 Å². The van der Waals surface area contributed by atoms with Crippen LogP contribution in [0.15, 0.2) is 84.0 Å². The molecule has 1 heterocycles. The molecule has 1 aromatic heterocycles. The standard InChI is InChI=1S/C25H21N5O3S/c1-17-7-9-19(10-8-17)16-33-21-13-11-18(12-14-21)15-26-28-23(32)22(31)27-25-30-29-24(34-25)20-5-3-2-4-6-20/h2-15H,16H2,1H3,(H,28,32)(H,27,30,31)/b26-15-. The van der Waals surface area contributed by atoms with Gasteiger partial charge >= 0.3 is 11.8 Å². The molecular formula is C25H21N5O3S. The van der Waals surface area contributed by atoms with Crippen molar-refractivity contribution in [1.82, 2.24) is 15.6 Å². The highest BCUT2D eigenvalue weighted by Gasteiger charge is 2.16. The number of nitrogens with zero attached hydrogens (tertiary/aromatic N) is 3. The first kappa shape index (κ1) is 22.8. The van der Waals surface area contributed by atoms with E-state index in [9.17, 15) is 9.59 Å². The lowest BCUT2D eigenvalue weighted by molar-refractivity contribution is -0.136. The number of aromatic nitrogens is 2. The van der Waals surface area contributed by atoms with Gasteiger partial charge < -0.3 is 4.74 Å². The van der Waals surface area contributed by atoms with Crippen molar-refractivity contribution < 1.29 is 14.3 Å². The summed E-state index contributed by atoms with van der Waals surface area (Å²) in [6.45, 7) is 2.51. The Kier molecular flexibility index (Phi) is 7.36. The third kappa shape index (κ3) is 6.33. The van der Waals surface area contributed by atoms with Gasteiger partial charge in [0.1, 0.15) is 17.4 Å². The number of amides is 2. The number of carbonyl (C=O) groups is 2. The van der Waals surface area contributed by atoms with Gasteiger partial charge in [-0.1, -0.05) is 71.5 Å². The fourth-order valence-electron chi connectivity index (χ4n) is 2.84. The summed E-state index contributed by atoms with van der Waals surface area (Å²) in [6.07, 6.45) is 1.44. The highest BCUT2D eigenvalue weighted by molar-refractivity contribution is 7.18. The summed E-state index contributed by atoms with van der Waals surface area (Å²) in [4.78, 5) is 24.1. The molecule has 0 aliphatic heterocycles. The van der Waals surface area contributed by atoms with E-state index in [1.165, 1.54) is 23.1 Å². The van der Waals surface area contributed by atoms with Gasteiger partial charge in [0, 0.05) is 5.56 Å². The minimum absolute atomic E-state index is 0.226. The third-order valence-electron chi connectivity index (χ3n) is 4.66. The van der Waals surface area contributed by atoms with E-state index in [2.05, 4.69) is 26.0 Å². The van der Waals surface area contributed by atoms with E-state index in [0.29, 0.717) is 17.4 Å². The molecule has 2 amide bonds. The molecule has 8 nitrogen and oxygen atoms in total. The molecule has 4 rings (SSSR count). The molecule has 0 fully saturated rings. The zero-order valence-corrected chi connectivity index (χ0v) is 19.1. The monoisotopic (exact) mass is 471 g/mol. The van der Waals surface area contributed by atoms with E-state index in [4.69, 9.17) is 4.74 Å². The number of hydrazone groups is 1. The van der Waals surface area contributed by atoms with E-state index < -0.39 is 11.8 Å². The number of ether oxygens (including phenoxy) is 1. The Morgan fingerprint density at radius 1 is 0.941 bits per heavy atom. The molecule has 0 radical (unpaired) electrons. The summed E-state index contributed by atoms with van der Waals surface area (Å²) in [6, 6.07) is 24.8. The van der Waals surface area contributed by atoms with Gasteiger partial charge in [0.2, 0.25) is 5.13 Å². The van der Waals surface area contributed by atoms with E-state index in [1.54, 1.807) is 12.1 Å². The fraction of sp³-hybridized carbons (Fsp3) is 0.0800. The van der Waals surface area contributed by atoms with E-state index in [1.807, 2.05) is 73.7 Å². The number of benzene rings is 3. The zero-order valence-electron chi connectivity index (χ0n) is 18.3. The molecule has 4 aromatic rings. The predicted molar refractivity (Wildman–Crippen MR) is 132 cm³/mol. The summed E-state index contributed by atoms with van der Waals surface area (Å²) >= 11 is 1.17. The largest absolute Gasteiger partial charge is 0.489 e. The van der Waals surface area contributed by atoms with E-state index >= 15 is 0 Å². The first-order valence-corrected chi connectivity index (χ1v) is 11.2. The van der Waals surface area contributed by atoms with Crippen molar-refractivity contribution >= 4 is 34.5 Å². The number of hydrogen-bond donors (Lipinski definition) is 2. The van der Waals surface area contributed by atoms with Gasteiger partial charge in [-0.2, -0.15) is 5.10 Å². The van der Waals surface area contributed by atoms with Gasteiger partial charge in [-0.3, -0.25) is 14.9 Å². The maximum absolute atomic E-state index is 12.1. The van der Waals surface area contributed by atoms with Gasteiger partial charge in [-0.15, -0.1) is 10.2 Å². The minimum atomic E-state index is -0.911. The van der Waals surface area contributed by atoms with Crippen LogP contribution >= 0.6 is 11.3 Å². The van der Waals surface area contributed by atoms with Crippen LogP contribution in [0.1, 0.15) is 16.7 Å². The molecule has 0 saturated carbocycles. The Hall–Kier alpha value is -4.37. The molecule has 0 unspecified atom stereocenters. The highest BCUT2D eigenvalue weighted by Crippen LogP contribution is 2.25. The van der Waals surface area contributed by atoms with Crippen LogP contribution in [0.3, 0.4) is 0 Å². The molecule has 3 aromatic carbocycles. The second-order valence-corrected chi connectivity index (χ2v) is 8.25. The Morgan fingerprint density at radius 2 is 1.68 bits per heavy atom. The second kappa shape index (κ2) is 11.0. The van der Waals surface area contributed by atoms with Crippen molar-refractivity contribution in [3.63, 3.8) is 0 Å². The third-order valence-corrected chi connectivity index (χ3v) is 5.55. The molecule has 34 heavy (non-hydrogen) atoms. The lowest BCUT2D eigenvalue weighted by Gasteiger charge is -2.06. The van der Waals surface area contributed by atoms with Crippen LogP contribution in [0, 0.1) is 6.92 Å². The minimum Gasteiger partial charge on any atom is -0.489 e. The number of aryl methyl sites for hydroxylation is 1. The lowest BCUT2D eigenvalue weighted by atomic mass is 10.2. The van der Waals surface area contributed by atoms with Crippen molar-refractivity contribution in [1.29, 1.82) is 0 Å². The van der Waals surface area contributed by atoms with Crippen molar-refractivity contribution in [3.8, 4) is 16.3 Å². The van der Waals surface area contributed by atoms with Crippen molar-refractivity contribution in [2.75, 3.05) is 5.32 Å². The van der Waals surface area contributed by atoms with Crippen LogP contribution in [0.2, 0.25) is 0 Å². The smallest absolute Gasteiger partial charge is 0.329 e. The maximum Gasteiger partial charge on any atom is 0.329 e. The van der Waals surface area contributed by atoms with Gasteiger partial charge in [-0.05, 0) is 42.3 Å². The molecule has 9 heteroatoms. The van der Waals surface area contributed by atoms with E-state index in [0.717, 1.165) is 16.7 Å². The molecule has 2 N–H and O–H groups in total. The quantitative estimate of drug-likeness (QED) is 0.239. The second-order valence-electron chi connectivity index (χ2n) is 7.27. The summed E-state index contributed by atoms with van der Waals surface area (Å²) in [5, 5.41) is 15.0. The predicted octanol–water partition coefficient (Wildman–Crippen LogP) is 4.18. The molecule has 0 bridgehead atoms. The van der Waals surface area contributed by atoms with E-state index in [-0.39, 0.29) is 5.13 Å².